The Bertz CT molecular complexity index is 2410. The van der Waals surface area contributed by atoms with Gasteiger partial charge in [0.15, 0.2) is 11.5 Å². The molecule has 360 valence electrons. The van der Waals surface area contributed by atoms with Gasteiger partial charge in [0.2, 0.25) is 0 Å². The normalized spacial score (nSPS) is 13.5. The second-order valence-electron chi connectivity index (χ2n) is 15.3. The summed E-state index contributed by atoms with van der Waals surface area (Å²) in [5.41, 5.74) is -1.13. The molecule has 0 fully saturated rings. The Kier molecular flexibility index (Phi) is 19.5. The van der Waals surface area contributed by atoms with Gasteiger partial charge in [-0.1, -0.05) is 103 Å². The van der Waals surface area contributed by atoms with Crippen molar-refractivity contribution in [2.45, 2.75) is 38.0 Å². The van der Waals surface area contributed by atoms with Crippen molar-refractivity contribution in [1.29, 1.82) is 5.41 Å². The van der Waals surface area contributed by atoms with E-state index in [0.717, 1.165) is 32.2 Å². The van der Waals surface area contributed by atoms with E-state index in [1.165, 1.54) is 47.5 Å². The summed E-state index contributed by atoms with van der Waals surface area (Å²) in [4.78, 5) is 3.49. The van der Waals surface area contributed by atoms with E-state index in [9.17, 15) is 26.3 Å². The fourth-order valence-electron chi connectivity index (χ4n) is 6.80. The van der Waals surface area contributed by atoms with Crippen LogP contribution in [-0.2, 0) is 22.3 Å². The molecule has 0 spiro atoms. The van der Waals surface area contributed by atoms with Gasteiger partial charge in [0, 0.05) is 24.6 Å². The molecular weight excluding hydrogens is 891 g/mol. The van der Waals surface area contributed by atoms with Crippen molar-refractivity contribution < 1.29 is 54.8 Å². The van der Waals surface area contributed by atoms with Crippen LogP contribution in [0.25, 0.3) is 5.57 Å². The van der Waals surface area contributed by atoms with Crippen LogP contribution in [0, 0.1) is 5.41 Å². The van der Waals surface area contributed by atoms with E-state index in [1.807, 2.05) is 59.9 Å². The van der Waals surface area contributed by atoms with Crippen LogP contribution >= 0.6 is 0 Å². The molecule has 1 heterocycles. The summed E-state index contributed by atoms with van der Waals surface area (Å²) >= 11 is 0. The molecule has 0 saturated heterocycles. The molecule has 0 radical (unpaired) electrons. The Morgan fingerprint density at radius 3 is 1.79 bits per heavy atom. The van der Waals surface area contributed by atoms with Crippen molar-refractivity contribution in [3.63, 3.8) is 0 Å². The molecule has 68 heavy (non-hydrogen) atoms. The van der Waals surface area contributed by atoms with Gasteiger partial charge in [0.1, 0.15) is 35.3 Å². The van der Waals surface area contributed by atoms with Crippen LogP contribution in [0.1, 0.15) is 35.1 Å². The van der Waals surface area contributed by atoms with Gasteiger partial charge in [-0.15, -0.1) is 0 Å². The first-order valence-electron chi connectivity index (χ1n) is 22.2. The molecule has 0 atom stereocenters. The number of hydrogen-bond donors (Lipinski definition) is 3. The van der Waals surface area contributed by atoms with E-state index in [4.69, 9.17) is 33.8 Å². The van der Waals surface area contributed by atoms with Gasteiger partial charge in [-0.3, -0.25) is 5.41 Å². The lowest BCUT2D eigenvalue weighted by atomic mass is 9.95. The summed E-state index contributed by atoms with van der Waals surface area (Å²) in [7, 11) is 0. The zero-order chi connectivity index (χ0) is 48.0. The van der Waals surface area contributed by atoms with E-state index in [0.29, 0.717) is 69.2 Å². The highest BCUT2D eigenvalue weighted by Crippen LogP contribution is 2.35. The minimum atomic E-state index is -5.18. The molecule has 1 aliphatic rings. The average Bonchev–Trinajstić information content (AvgIpc) is 3.34. The Morgan fingerprint density at radius 1 is 0.529 bits per heavy atom. The lowest BCUT2D eigenvalue weighted by Crippen LogP contribution is -2.35. The largest absolute Gasteiger partial charge is 0.493 e. The Balaban J connectivity index is 0.866. The number of allylic oxidation sites excluding steroid dienone is 3. The maximum atomic E-state index is 13.7. The molecule has 6 rings (SSSR count). The number of nitrogens with zero attached hydrogens (tertiary/aromatic N) is 1. The SMILES string of the molecule is N=C(/C(=C1/N=C(C(F)(F)F)C=C(C(F)(F)F)N1)c1ccc(OCCOCCOCCNCCCOc2ccc(OCCc3ccccc3)c(OCCCc3ccccc3)c2)cc1)c1ccccc1. The zero-order valence-electron chi connectivity index (χ0n) is 37.3. The number of aliphatic imine (C=N–C) groups is 1. The summed E-state index contributed by atoms with van der Waals surface area (Å²) in [6.45, 7) is 4.52. The van der Waals surface area contributed by atoms with E-state index in [1.54, 1.807) is 18.2 Å². The van der Waals surface area contributed by atoms with E-state index >= 15 is 0 Å². The number of rotatable bonds is 27. The van der Waals surface area contributed by atoms with E-state index in [2.05, 4.69) is 34.6 Å². The van der Waals surface area contributed by atoms with Crippen molar-refractivity contribution in [1.82, 2.24) is 10.6 Å². The average molecular weight is 945 g/mol. The van der Waals surface area contributed by atoms with Gasteiger partial charge in [-0.2, -0.15) is 26.3 Å². The molecule has 0 saturated carbocycles. The summed E-state index contributed by atoms with van der Waals surface area (Å²) in [5, 5.41) is 14.1. The van der Waals surface area contributed by atoms with Gasteiger partial charge >= 0.3 is 12.4 Å². The van der Waals surface area contributed by atoms with Gasteiger partial charge in [0.25, 0.3) is 0 Å². The standard InChI is InChI=1S/C52H54F6N4O6/c53-51(54,55)46-37-47(52(56,57)58)62-50(61-46)48(49(59)41-17-8-3-9-18-41)40-19-21-42(22-20-40)66-35-34-64-33-32-63-31-27-60-26-11-29-65-43-23-24-44(68-30-25-39-14-6-2-7-15-39)45(36-43)67-28-10-16-38-12-4-1-5-13-38/h1-9,12-15,17-24,36-37,59-61H,10-11,16,25-35H2/b50-48+,59-49?. The van der Waals surface area contributed by atoms with Crippen molar-refractivity contribution in [2.24, 2.45) is 4.99 Å². The van der Waals surface area contributed by atoms with Crippen LogP contribution in [0.2, 0.25) is 0 Å². The predicted octanol–water partition coefficient (Wildman–Crippen LogP) is 10.6. The number of nitrogens with one attached hydrogen (secondary N) is 3. The molecular formula is C52H54F6N4O6. The van der Waals surface area contributed by atoms with Crippen LogP contribution in [0.4, 0.5) is 26.3 Å². The fraction of sp³-hybridized carbons (Fsp3) is 0.308. The lowest BCUT2D eigenvalue weighted by molar-refractivity contribution is -0.0963. The van der Waals surface area contributed by atoms with Crippen LogP contribution < -0.4 is 29.6 Å². The first kappa shape index (κ1) is 50.8. The second-order valence-corrected chi connectivity index (χ2v) is 15.3. The summed E-state index contributed by atoms with van der Waals surface area (Å²) in [6.07, 6.45) is -7.06. The topological polar surface area (TPSA) is 116 Å². The quantitative estimate of drug-likeness (QED) is 0.0271. The molecule has 0 aliphatic carbocycles. The third-order valence-corrected chi connectivity index (χ3v) is 10.2. The number of aryl methyl sites for hydroxylation is 1. The molecule has 0 bridgehead atoms. The fourth-order valence-corrected chi connectivity index (χ4v) is 6.80. The molecule has 3 N–H and O–H groups in total. The Morgan fingerprint density at radius 2 is 1.12 bits per heavy atom. The Hall–Kier alpha value is -6.62. The molecule has 5 aromatic rings. The van der Waals surface area contributed by atoms with Crippen LogP contribution in [0.15, 0.2) is 156 Å². The predicted molar refractivity (Wildman–Crippen MR) is 250 cm³/mol. The number of ether oxygens (including phenoxy) is 6. The van der Waals surface area contributed by atoms with Crippen molar-refractivity contribution in [3.8, 4) is 23.0 Å². The smallest absolute Gasteiger partial charge is 0.433 e. The molecule has 16 heteroatoms. The maximum Gasteiger partial charge on any atom is 0.433 e. The van der Waals surface area contributed by atoms with Gasteiger partial charge in [-0.05, 0) is 72.8 Å². The summed E-state index contributed by atoms with van der Waals surface area (Å²) < 4.78 is 118. The monoisotopic (exact) mass is 944 g/mol. The van der Waals surface area contributed by atoms with Gasteiger partial charge in [-0.25, -0.2) is 4.99 Å². The third kappa shape index (κ3) is 16.6. The van der Waals surface area contributed by atoms with E-state index in [-0.39, 0.29) is 41.7 Å². The summed E-state index contributed by atoms with van der Waals surface area (Å²) in [6, 6.07) is 40.0. The van der Waals surface area contributed by atoms with Crippen LogP contribution in [0.3, 0.4) is 0 Å². The number of alkyl halides is 6. The Labute approximate surface area is 392 Å². The highest BCUT2D eigenvalue weighted by atomic mass is 19.4. The van der Waals surface area contributed by atoms with Gasteiger partial charge < -0.3 is 39.1 Å². The first-order chi connectivity index (χ1) is 32.9. The third-order valence-electron chi connectivity index (χ3n) is 10.2. The molecule has 1 aliphatic heterocycles. The van der Waals surface area contributed by atoms with E-state index < -0.39 is 29.6 Å². The van der Waals surface area contributed by atoms with Crippen LogP contribution in [0.5, 0.6) is 23.0 Å². The summed E-state index contributed by atoms with van der Waals surface area (Å²) in [5.74, 6) is 1.65. The second kappa shape index (κ2) is 26.1. The molecule has 0 unspecified atom stereocenters. The van der Waals surface area contributed by atoms with Crippen molar-refractivity contribution >= 4 is 17.0 Å². The molecule has 0 amide bonds. The molecule has 10 nitrogen and oxygen atoms in total. The van der Waals surface area contributed by atoms with Gasteiger partial charge in [0.05, 0.1) is 57.5 Å². The number of halogens is 6. The van der Waals surface area contributed by atoms with Crippen molar-refractivity contribution in [2.75, 3.05) is 65.9 Å². The van der Waals surface area contributed by atoms with Crippen LogP contribution in [-0.4, -0.2) is 89.7 Å². The molecule has 0 aromatic heterocycles. The minimum absolute atomic E-state index is 0.0947. The first-order valence-corrected chi connectivity index (χ1v) is 22.2. The zero-order valence-corrected chi connectivity index (χ0v) is 37.3. The highest BCUT2D eigenvalue weighted by Gasteiger charge is 2.43. The number of benzene rings is 5. The molecule has 5 aromatic carbocycles. The highest BCUT2D eigenvalue weighted by molar-refractivity contribution is 6.31. The minimum Gasteiger partial charge on any atom is -0.493 e. The van der Waals surface area contributed by atoms with Crippen molar-refractivity contribution in [3.05, 3.63) is 173 Å². The lowest BCUT2D eigenvalue weighted by Gasteiger charge is -2.24. The maximum absolute atomic E-state index is 13.7. The number of hydrogen-bond acceptors (Lipinski definition) is 10.